The molecule has 0 aliphatic heterocycles. The Kier molecular flexibility index (Phi) is 3.85. The van der Waals surface area contributed by atoms with Crippen molar-refractivity contribution in [3.63, 3.8) is 0 Å². The van der Waals surface area contributed by atoms with Gasteiger partial charge in [-0.2, -0.15) is 0 Å². The van der Waals surface area contributed by atoms with Gasteiger partial charge in [-0.15, -0.1) is 11.3 Å². The van der Waals surface area contributed by atoms with E-state index in [1.807, 2.05) is 38.1 Å². The minimum Gasteiger partial charge on any atom is -0.492 e. The molecule has 3 rings (SSSR count). The van der Waals surface area contributed by atoms with Crippen molar-refractivity contribution in [2.75, 3.05) is 6.61 Å². The van der Waals surface area contributed by atoms with Crippen LogP contribution in [0.5, 0.6) is 5.75 Å². The zero-order valence-electron chi connectivity index (χ0n) is 12.4. The monoisotopic (exact) mass is 316 g/mol. The Morgan fingerprint density at radius 3 is 2.82 bits per heavy atom. The van der Waals surface area contributed by atoms with E-state index < -0.39 is 5.69 Å². The summed E-state index contributed by atoms with van der Waals surface area (Å²) < 4.78 is 6.79. The van der Waals surface area contributed by atoms with E-state index in [1.165, 1.54) is 15.9 Å². The molecule has 1 aromatic carbocycles. The number of nitrogens with one attached hydrogen (secondary N) is 1. The molecule has 114 valence electrons. The molecule has 22 heavy (non-hydrogen) atoms. The van der Waals surface area contributed by atoms with E-state index in [4.69, 9.17) is 4.74 Å². The molecule has 0 saturated carbocycles. The van der Waals surface area contributed by atoms with Crippen LogP contribution < -0.4 is 16.0 Å². The van der Waals surface area contributed by atoms with Gasteiger partial charge in [-0.1, -0.05) is 12.1 Å². The van der Waals surface area contributed by atoms with Crippen molar-refractivity contribution in [2.45, 2.75) is 20.4 Å². The van der Waals surface area contributed by atoms with Gasteiger partial charge in [0, 0.05) is 4.88 Å². The van der Waals surface area contributed by atoms with E-state index in [-0.39, 0.29) is 18.7 Å². The molecular weight excluding hydrogens is 300 g/mol. The highest BCUT2D eigenvalue weighted by atomic mass is 32.1. The zero-order valence-corrected chi connectivity index (χ0v) is 13.2. The molecule has 0 radical (unpaired) electrons. The highest BCUT2D eigenvalue weighted by molar-refractivity contribution is 7.18. The maximum Gasteiger partial charge on any atom is 0.329 e. The summed E-state index contributed by atoms with van der Waals surface area (Å²) >= 11 is 1.41. The molecule has 0 saturated heterocycles. The number of hydrogen-bond acceptors (Lipinski definition) is 4. The summed E-state index contributed by atoms with van der Waals surface area (Å²) in [4.78, 5) is 28.7. The Hall–Kier alpha value is -2.34. The van der Waals surface area contributed by atoms with Crippen LogP contribution in [0.3, 0.4) is 0 Å². The maximum absolute atomic E-state index is 12.4. The third-order valence-electron chi connectivity index (χ3n) is 3.37. The van der Waals surface area contributed by atoms with Gasteiger partial charge >= 0.3 is 5.69 Å². The number of thiophene rings is 1. The predicted molar refractivity (Wildman–Crippen MR) is 88.1 cm³/mol. The zero-order chi connectivity index (χ0) is 15.7. The van der Waals surface area contributed by atoms with Gasteiger partial charge in [0.2, 0.25) is 0 Å². The van der Waals surface area contributed by atoms with E-state index in [0.717, 1.165) is 16.2 Å². The van der Waals surface area contributed by atoms with Gasteiger partial charge < -0.3 is 4.74 Å². The maximum atomic E-state index is 12.4. The normalized spacial score (nSPS) is 11.0. The van der Waals surface area contributed by atoms with Crippen molar-refractivity contribution in [2.24, 2.45) is 0 Å². The third kappa shape index (κ3) is 2.82. The van der Waals surface area contributed by atoms with E-state index in [2.05, 4.69) is 4.98 Å². The van der Waals surface area contributed by atoms with E-state index in [1.54, 1.807) is 6.07 Å². The van der Waals surface area contributed by atoms with Gasteiger partial charge in [-0.05, 0) is 37.6 Å². The van der Waals surface area contributed by atoms with E-state index in [9.17, 15) is 9.59 Å². The molecule has 2 heterocycles. The molecule has 0 amide bonds. The molecule has 0 fully saturated rings. The standard InChI is InChI=1S/C16H16N2O3S/c1-10-4-3-5-12(8-10)21-7-6-18-15(19)13-9-11(2)22-14(13)17-16(18)20/h3-5,8-9H,6-7H2,1-2H3,(H,17,20). The molecule has 0 aliphatic rings. The van der Waals surface area contributed by atoms with Crippen molar-refractivity contribution in [1.29, 1.82) is 0 Å². The summed E-state index contributed by atoms with van der Waals surface area (Å²) in [6.45, 7) is 4.37. The molecule has 5 nitrogen and oxygen atoms in total. The molecule has 2 aromatic heterocycles. The highest BCUT2D eigenvalue weighted by Gasteiger charge is 2.10. The Labute approximate surface area is 130 Å². The van der Waals surface area contributed by atoms with E-state index >= 15 is 0 Å². The number of benzene rings is 1. The number of aryl methyl sites for hydroxylation is 2. The molecule has 0 atom stereocenters. The lowest BCUT2D eigenvalue weighted by Crippen LogP contribution is -2.36. The fourth-order valence-corrected chi connectivity index (χ4v) is 3.22. The first-order chi connectivity index (χ1) is 10.5. The van der Waals surface area contributed by atoms with Gasteiger partial charge in [0.1, 0.15) is 17.2 Å². The van der Waals surface area contributed by atoms with Crippen LogP contribution in [0.1, 0.15) is 10.4 Å². The van der Waals surface area contributed by atoms with Crippen LogP contribution in [-0.4, -0.2) is 16.2 Å². The molecule has 0 unspecified atom stereocenters. The largest absolute Gasteiger partial charge is 0.492 e. The first-order valence-electron chi connectivity index (χ1n) is 6.97. The number of fused-ring (bicyclic) bond motifs is 1. The van der Waals surface area contributed by atoms with Crippen molar-refractivity contribution < 1.29 is 4.74 Å². The van der Waals surface area contributed by atoms with Crippen LogP contribution in [0.2, 0.25) is 0 Å². The lowest BCUT2D eigenvalue weighted by molar-refractivity contribution is 0.294. The molecule has 0 aliphatic carbocycles. The van der Waals surface area contributed by atoms with Gasteiger partial charge in [0.15, 0.2) is 0 Å². The van der Waals surface area contributed by atoms with Crippen LogP contribution in [0, 0.1) is 13.8 Å². The van der Waals surface area contributed by atoms with Crippen LogP contribution in [0.25, 0.3) is 10.2 Å². The van der Waals surface area contributed by atoms with Crippen molar-refractivity contribution in [1.82, 2.24) is 9.55 Å². The minimum absolute atomic E-state index is 0.215. The fourth-order valence-electron chi connectivity index (χ4n) is 2.33. The van der Waals surface area contributed by atoms with Gasteiger partial charge in [-0.3, -0.25) is 14.3 Å². The molecule has 3 aromatic rings. The van der Waals surface area contributed by atoms with Gasteiger partial charge in [0.05, 0.1) is 11.9 Å². The second-order valence-corrected chi connectivity index (χ2v) is 6.41. The first-order valence-corrected chi connectivity index (χ1v) is 7.79. The molecule has 0 spiro atoms. The summed E-state index contributed by atoms with van der Waals surface area (Å²) in [5.41, 5.74) is 0.436. The number of hydrogen-bond donors (Lipinski definition) is 1. The smallest absolute Gasteiger partial charge is 0.329 e. The van der Waals surface area contributed by atoms with Crippen molar-refractivity contribution >= 4 is 21.6 Å². The minimum atomic E-state index is -0.396. The lowest BCUT2D eigenvalue weighted by Gasteiger charge is -2.08. The second kappa shape index (κ2) is 5.81. The van der Waals surface area contributed by atoms with E-state index in [0.29, 0.717) is 10.2 Å². The lowest BCUT2D eigenvalue weighted by atomic mass is 10.2. The summed E-state index contributed by atoms with van der Waals surface area (Å²) in [5.74, 6) is 0.733. The van der Waals surface area contributed by atoms with Crippen molar-refractivity contribution in [3.8, 4) is 5.75 Å². The Balaban J connectivity index is 1.82. The summed E-state index contributed by atoms with van der Waals surface area (Å²) in [5, 5.41) is 0.553. The molecular formula is C16H16N2O3S. The second-order valence-electron chi connectivity index (χ2n) is 5.15. The number of nitrogens with zero attached hydrogens (tertiary/aromatic N) is 1. The Morgan fingerprint density at radius 2 is 2.05 bits per heavy atom. The number of rotatable bonds is 4. The molecule has 1 N–H and O–H groups in total. The van der Waals surface area contributed by atoms with Crippen LogP contribution >= 0.6 is 11.3 Å². The van der Waals surface area contributed by atoms with Gasteiger partial charge in [0.25, 0.3) is 5.56 Å². The summed E-state index contributed by atoms with van der Waals surface area (Å²) in [6.07, 6.45) is 0. The third-order valence-corrected chi connectivity index (χ3v) is 4.34. The number of aromatic nitrogens is 2. The topological polar surface area (TPSA) is 64.1 Å². The van der Waals surface area contributed by atoms with Crippen molar-refractivity contribution in [3.05, 3.63) is 61.6 Å². The Morgan fingerprint density at radius 1 is 1.23 bits per heavy atom. The first kappa shape index (κ1) is 14.6. The summed E-state index contributed by atoms with van der Waals surface area (Å²) in [7, 11) is 0. The fraction of sp³-hybridized carbons (Fsp3) is 0.250. The molecule has 6 heteroatoms. The highest BCUT2D eigenvalue weighted by Crippen LogP contribution is 2.18. The average molecular weight is 316 g/mol. The SMILES string of the molecule is Cc1cccc(OCCn2c(=O)[nH]c3sc(C)cc3c2=O)c1. The average Bonchev–Trinajstić information content (AvgIpc) is 2.83. The number of aromatic amines is 1. The quantitative estimate of drug-likeness (QED) is 0.804. The van der Waals surface area contributed by atoms with Crippen LogP contribution in [0.4, 0.5) is 0 Å². The number of H-pyrrole nitrogens is 1. The molecule has 0 bridgehead atoms. The van der Waals surface area contributed by atoms with Crippen LogP contribution in [0.15, 0.2) is 39.9 Å². The number of ether oxygens (including phenoxy) is 1. The van der Waals surface area contributed by atoms with Gasteiger partial charge in [-0.25, -0.2) is 4.79 Å². The Bertz CT molecular complexity index is 936. The predicted octanol–water partition coefficient (Wildman–Crippen LogP) is 2.45. The van der Waals surface area contributed by atoms with Crippen LogP contribution in [-0.2, 0) is 6.54 Å². The summed E-state index contributed by atoms with van der Waals surface area (Å²) in [6, 6.07) is 9.46.